The van der Waals surface area contributed by atoms with Crippen LogP contribution in [0.15, 0.2) is 67.3 Å². The zero-order chi connectivity index (χ0) is 16.5. The maximum atomic E-state index is 13.1. The second-order valence-electron chi connectivity index (χ2n) is 5.30. The van der Waals surface area contributed by atoms with Crippen molar-refractivity contribution in [1.29, 1.82) is 0 Å². The van der Waals surface area contributed by atoms with Gasteiger partial charge in [-0.1, -0.05) is 12.1 Å². The van der Waals surface area contributed by atoms with Crippen molar-refractivity contribution in [2.75, 3.05) is 5.43 Å². The van der Waals surface area contributed by atoms with E-state index < -0.39 is 0 Å². The molecule has 0 radical (unpaired) electrons. The van der Waals surface area contributed by atoms with E-state index in [1.54, 1.807) is 47.7 Å². The summed E-state index contributed by atoms with van der Waals surface area (Å²) in [6, 6.07) is 12.2. The van der Waals surface area contributed by atoms with E-state index in [9.17, 15) is 8.78 Å². The Morgan fingerprint density at radius 1 is 0.792 bits per heavy atom. The number of hydrogen-bond donors (Lipinski definition) is 1. The Bertz CT molecular complexity index is 946. The quantitative estimate of drug-likeness (QED) is 0.614. The van der Waals surface area contributed by atoms with Crippen LogP contribution in [0.1, 0.15) is 0 Å². The number of benzene rings is 2. The minimum absolute atomic E-state index is 0.284. The molecule has 0 aliphatic carbocycles. The number of halogens is 2. The van der Waals surface area contributed by atoms with Gasteiger partial charge in [-0.3, -0.25) is 5.43 Å². The van der Waals surface area contributed by atoms with E-state index >= 15 is 0 Å². The normalized spacial score (nSPS) is 10.9. The average Bonchev–Trinajstić information content (AvgIpc) is 3.03. The molecule has 118 valence electrons. The van der Waals surface area contributed by atoms with Gasteiger partial charge >= 0.3 is 0 Å². The second-order valence-corrected chi connectivity index (χ2v) is 5.30. The van der Waals surface area contributed by atoms with Gasteiger partial charge in [0, 0.05) is 23.5 Å². The Hall–Kier alpha value is -3.28. The molecular formula is C18H12F2N4. The molecule has 2 aliphatic heterocycles. The molecule has 4 nitrogen and oxygen atoms in total. The molecule has 2 aromatic rings. The molecule has 6 heteroatoms. The molecule has 0 fully saturated rings. The molecule has 2 heterocycles. The molecule has 0 aromatic heterocycles. The van der Waals surface area contributed by atoms with Crippen LogP contribution in [-0.2, 0) is 0 Å². The average molecular weight is 322 g/mol. The molecule has 2 aromatic carbocycles. The Labute approximate surface area is 136 Å². The number of nitrogens with one attached hydrogen (secondary N) is 1. The topological polar surface area (TPSA) is 42.7 Å². The van der Waals surface area contributed by atoms with Gasteiger partial charge in [0.2, 0.25) is 0 Å². The molecule has 0 saturated carbocycles. The summed E-state index contributed by atoms with van der Waals surface area (Å²) in [6.07, 6.45) is 5.03. The Balaban J connectivity index is 1.70. The predicted octanol–water partition coefficient (Wildman–Crippen LogP) is 4.20. The van der Waals surface area contributed by atoms with E-state index in [4.69, 9.17) is 0 Å². The number of nitrogens with zero attached hydrogens (tertiary/aromatic N) is 3. The molecule has 0 bridgehead atoms. The third-order valence-electron chi connectivity index (χ3n) is 3.71. The van der Waals surface area contributed by atoms with Crippen LogP contribution in [-0.4, -0.2) is 14.6 Å². The van der Waals surface area contributed by atoms with Crippen LogP contribution in [0.3, 0.4) is 0 Å². The van der Waals surface area contributed by atoms with Gasteiger partial charge < -0.3 is 0 Å². The Morgan fingerprint density at radius 2 is 1.46 bits per heavy atom. The minimum atomic E-state index is -0.299. The molecule has 4 rings (SSSR count). The highest BCUT2D eigenvalue weighted by Gasteiger charge is 2.16. The maximum absolute atomic E-state index is 13.1. The van der Waals surface area contributed by atoms with E-state index in [1.807, 2.05) is 0 Å². The number of fused-ring (bicyclic) bond motifs is 1. The van der Waals surface area contributed by atoms with E-state index in [-0.39, 0.29) is 11.6 Å². The van der Waals surface area contributed by atoms with Gasteiger partial charge in [-0.05, 0) is 42.0 Å². The lowest BCUT2D eigenvalue weighted by atomic mass is 10.0. The summed E-state index contributed by atoms with van der Waals surface area (Å²) in [6.45, 7) is 0. The maximum Gasteiger partial charge on any atom is 0.162 e. The molecule has 24 heavy (non-hydrogen) atoms. The molecular weight excluding hydrogens is 310 g/mol. The van der Waals surface area contributed by atoms with Gasteiger partial charge in [-0.2, -0.15) is 0 Å². The summed E-state index contributed by atoms with van der Waals surface area (Å²) in [4.78, 5) is 8.64. The highest BCUT2D eigenvalue weighted by molar-refractivity contribution is 5.81. The van der Waals surface area contributed by atoms with Crippen LogP contribution in [0.2, 0.25) is 0 Å². The van der Waals surface area contributed by atoms with Crippen molar-refractivity contribution in [1.82, 2.24) is 14.6 Å². The van der Waals surface area contributed by atoms with Crippen molar-refractivity contribution in [2.45, 2.75) is 0 Å². The van der Waals surface area contributed by atoms with Crippen molar-refractivity contribution in [3.63, 3.8) is 0 Å². The molecule has 0 spiro atoms. The van der Waals surface area contributed by atoms with Gasteiger partial charge in [0.1, 0.15) is 18.0 Å². The van der Waals surface area contributed by atoms with Crippen molar-refractivity contribution in [3.8, 4) is 22.5 Å². The molecule has 2 aliphatic rings. The fourth-order valence-corrected chi connectivity index (χ4v) is 2.54. The molecule has 0 saturated heterocycles. The summed E-state index contributed by atoms with van der Waals surface area (Å²) < 4.78 is 27.8. The highest BCUT2D eigenvalue weighted by atomic mass is 19.1. The number of anilines is 1. The first-order valence-corrected chi connectivity index (χ1v) is 7.30. The fourth-order valence-electron chi connectivity index (χ4n) is 2.54. The van der Waals surface area contributed by atoms with Crippen molar-refractivity contribution >= 4 is 5.69 Å². The van der Waals surface area contributed by atoms with Crippen LogP contribution in [0.4, 0.5) is 14.5 Å². The van der Waals surface area contributed by atoms with E-state index in [2.05, 4.69) is 15.4 Å². The summed E-state index contributed by atoms with van der Waals surface area (Å²) in [5.41, 5.74) is 6.39. The van der Waals surface area contributed by atoms with Gasteiger partial charge in [-0.15, -0.1) is 0 Å². The second kappa shape index (κ2) is 5.73. The van der Waals surface area contributed by atoms with Crippen LogP contribution >= 0.6 is 0 Å². The smallest absolute Gasteiger partial charge is 0.162 e. The van der Waals surface area contributed by atoms with E-state index in [0.717, 1.165) is 16.7 Å². The number of rotatable bonds is 3. The van der Waals surface area contributed by atoms with Gasteiger partial charge in [0.25, 0.3) is 0 Å². The van der Waals surface area contributed by atoms with Crippen molar-refractivity contribution in [2.24, 2.45) is 0 Å². The SMILES string of the molecule is Fc1ccc(Nn2cncc3c(-c4ccc(F)cc4)cnc2-3)cc1. The third-order valence-corrected chi connectivity index (χ3v) is 3.71. The lowest BCUT2D eigenvalue weighted by molar-refractivity contribution is 0.627. The van der Waals surface area contributed by atoms with Crippen LogP contribution < -0.4 is 5.43 Å². The highest BCUT2D eigenvalue weighted by Crippen LogP contribution is 2.32. The molecule has 0 atom stereocenters. The summed E-state index contributed by atoms with van der Waals surface area (Å²) in [5.74, 6) is 0.0919. The summed E-state index contributed by atoms with van der Waals surface area (Å²) in [7, 11) is 0. The van der Waals surface area contributed by atoms with Gasteiger partial charge in [0.15, 0.2) is 5.82 Å². The minimum Gasteiger partial charge on any atom is -0.292 e. The van der Waals surface area contributed by atoms with Crippen molar-refractivity contribution in [3.05, 3.63) is 78.9 Å². The first kappa shape index (κ1) is 14.3. The largest absolute Gasteiger partial charge is 0.292 e. The summed E-state index contributed by atoms with van der Waals surface area (Å²) >= 11 is 0. The first-order chi connectivity index (χ1) is 11.7. The Morgan fingerprint density at radius 3 is 2.17 bits per heavy atom. The zero-order valence-corrected chi connectivity index (χ0v) is 12.4. The van der Waals surface area contributed by atoms with Crippen LogP contribution in [0.25, 0.3) is 22.5 Å². The monoisotopic (exact) mass is 322 g/mol. The molecule has 0 unspecified atom stereocenters. The molecule has 1 N–H and O–H groups in total. The number of hydrogen-bond acceptors (Lipinski definition) is 3. The van der Waals surface area contributed by atoms with Gasteiger partial charge in [0.05, 0.1) is 5.69 Å². The van der Waals surface area contributed by atoms with Crippen molar-refractivity contribution < 1.29 is 8.78 Å². The first-order valence-electron chi connectivity index (χ1n) is 7.30. The predicted molar refractivity (Wildman–Crippen MR) is 87.5 cm³/mol. The van der Waals surface area contributed by atoms with E-state index in [1.165, 1.54) is 24.3 Å². The standard InChI is InChI=1S/C18H12F2N4/c19-13-3-1-12(2-4-13)16-10-22-18-17(16)9-21-11-24(18)23-15-7-5-14(20)6-8-15/h1-11,23H. The van der Waals surface area contributed by atoms with E-state index in [0.29, 0.717) is 11.5 Å². The lowest BCUT2D eigenvalue weighted by Crippen LogP contribution is -2.13. The Kier molecular flexibility index (Phi) is 3.42. The van der Waals surface area contributed by atoms with Gasteiger partial charge in [-0.25, -0.2) is 23.4 Å². The fraction of sp³-hybridized carbons (Fsp3) is 0. The lowest BCUT2D eigenvalue weighted by Gasteiger charge is -2.13. The molecule has 0 amide bonds. The summed E-state index contributed by atoms with van der Waals surface area (Å²) in [5, 5.41) is 0. The van der Waals surface area contributed by atoms with Crippen LogP contribution in [0.5, 0.6) is 0 Å². The third kappa shape index (κ3) is 2.58. The van der Waals surface area contributed by atoms with Crippen LogP contribution in [0, 0.1) is 11.6 Å². The number of aromatic nitrogens is 3. The zero-order valence-electron chi connectivity index (χ0n) is 12.4.